The third kappa shape index (κ3) is 1.48. The van der Waals surface area contributed by atoms with Crippen molar-refractivity contribution in [1.29, 1.82) is 0 Å². The van der Waals surface area contributed by atoms with Gasteiger partial charge in [-0.15, -0.1) is 0 Å². The van der Waals surface area contributed by atoms with Crippen LogP contribution in [-0.4, -0.2) is 23.2 Å². The lowest BCUT2D eigenvalue weighted by atomic mass is 10.2. The highest BCUT2D eigenvalue weighted by Crippen LogP contribution is 2.20. The van der Waals surface area contributed by atoms with Crippen LogP contribution in [0.15, 0.2) is 24.4 Å². The first-order valence-electron chi connectivity index (χ1n) is 4.47. The van der Waals surface area contributed by atoms with E-state index in [-0.39, 0.29) is 6.61 Å². The molecule has 3 nitrogen and oxygen atoms in total. The Balaban J connectivity index is 2.33. The van der Waals surface area contributed by atoms with Crippen LogP contribution in [0, 0.1) is 5.82 Å². The number of rotatable bonds is 2. The first kappa shape index (κ1) is 9.15. The van der Waals surface area contributed by atoms with Gasteiger partial charge < -0.3 is 10.0 Å². The summed E-state index contributed by atoms with van der Waals surface area (Å²) in [6.45, 7) is 1.07. The van der Waals surface area contributed by atoms with Crippen molar-refractivity contribution in [2.24, 2.45) is 0 Å². The first-order valence-corrected chi connectivity index (χ1v) is 4.47. The summed E-state index contributed by atoms with van der Waals surface area (Å²) < 4.78 is 13.6. The molecular formula is C10H11FN2O. The SMILES string of the molecule is OCc1ccnc(N2CC=CC2)c1F. The second-order valence-corrected chi connectivity index (χ2v) is 3.14. The van der Waals surface area contributed by atoms with Gasteiger partial charge in [0.15, 0.2) is 11.6 Å². The van der Waals surface area contributed by atoms with Crippen LogP contribution in [0.5, 0.6) is 0 Å². The van der Waals surface area contributed by atoms with E-state index in [0.29, 0.717) is 24.5 Å². The molecule has 0 atom stereocenters. The molecule has 2 rings (SSSR count). The third-order valence-electron chi connectivity index (χ3n) is 2.24. The van der Waals surface area contributed by atoms with Gasteiger partial charge in [-0.2, -0.15) is 0 Å². The highest BCUT2D eigenvalue weighted by molar-refractivity contribution is 5.45. The van der Waals surface area contributed by atoms with Crippen molar-refractivity contribution in [3.8, 4) is 0 Å². The number of hydrogen-bond acceptors (Lipinski definition) is 3. The number of aliphatic hydroxyl groups is 1. The Hall–Kier alpha value is -1.42. The van der Waals surface area contributed by atoms with E-state index in [1.807, 2.05) is 17.1 Å². The van der Waals surface area contributed by atoms with E-state index in [4.69, 9.17) is 5.11 Å². The van der Waals surface area contributed by atoms with Crippen molar-refractivity contribution < 1.29 is 9.50 Å². The lowest BCUT2D eigenvalue weighted by molar-refractivity contribution is 0.275. The molecule has 1 aliphatic rings. The second kappa shape index (κ2) is 3.75. The van der Waals surface area contributed by atoms with Crippen LogP contribution in [0.1, 0.15) is 5.56 Å². The molecule has 1 N–H and O–H groups in total. The van der Waals surface area contributed by atoms with Crippen LogP contribution in [0.2, 0.25) is 0 Å². The number of pyridine rings is 1. The van der Waals surface area contributed by atoms with Gasteiger partial charge in [-0.3, -0.25) is 0 Å². The standard InChI is InChI=1S/C10H11FN2O/c11-9-8(7-14)3-4-12-10(9)13-5-1-2-6-13/h1-4,14H,5-7H2. The molecule has 0 unspecified atom stereocenters. The van der Waals surface area contributed by atoms with Gasteiger partial charge in [-0.25, -0.2) is 9.37 Å². The predicted octanol–water partition coefficient (Wildman–Crippen LogP) is 1.09. The Bertz CT molecular complexity index is 357. The van der Waals surface area contributed by atoms with E-state index in [0.717, 1.165) is 0 Å². The Morgan fingerprint density at radius 2 is 2.14 bits per heavy atom. The Kier molecular flexibility index (Phi) is 2.45. The number of aliphatic hydroxyl groups excluding tert-OH is 1. The van der Waals surface area contributed by atoms with Crippen molar-refractivity contribution in [1.82, 2.24) is 4.98 Å². The van der Waals surface area contributed by atoms with E-state index in [1.54, 1.807) is 0 Å². The van der Waals surface area contributed by atoms with Crippen molar-refractivity contribution in [2.75, 3.05) is 18.0 Å². The smallest absolute Gasteiger partial charge is 0.171 e. The molecule has 0 bridgehead atoms. The normalized spacial score (nSPS) is 15.1. The van der Waals surface area contributed by atoms with E-state index >= 15 is 0 Å². The molecule has 1 aliphatic heterocycles. The third-order valence-corrected chi connectivity index (χ3v) is 2.24. The summed E-state index contributed by atoms with van der Waals surface area (Å²) in [6.07, 6.45) is 5.45. The number of hydrogen-bond donors (Lipinski definition) is 1. The molecule has 2 heterocycles. The molecule has 0 amide bonds. The van der Waals surface area contributed by atoms with E-state index < -0.39 is 5.82 Å². The molecule has 0 saturated heterocycles. The maximum absolute atomic E-state index is 13.6. The monoisotopic (exact) mass is 194 g/mol. The van der Waals surface area contributed by atoms with Crippen molar-refractivity contribution in [3.63, 3.8) is 0 Å². The minimum absolute atomic E-state index is 0.289. The molecule has 4 heteroatoms. The maximum Gasteiger partial charge on any atom is 0.171 e. The molecule has 0 fully saturated rings. The lowest BCUT2D eigenvalue weighted by Gasteiger charge is -2.17. The van der Waals surface area contributed by atoms with E-state index in [9.17, 15) is 4.39 Å². The van der Waals surface area contributed by atoms with Crippen molar-refractivity contribution >= 4 is 5.82 Å². The molecule has 1 aromatic heterocycles. The lowest BCUT2D eigenvalue weighted by Crippen LogP contribution is -2.21. The summed E-state index contributed by atoms with van der Waals surface area (Å²) in [6, 6.07) is 1.49. The zero-order valence-corrected chi connectivity index (χ0v) is 7.65. The average molecular weight is 194 g/mol. The zero-order chi connectivity index (χ0) is 9.97. The largest absolute Gasteiger partial charge is 0.392 e. The van der Waals surface area contributed by atoms with Gasteiger partial charge in [-0.05, 0) is 6.07 Å². The minimum atomic E-state index is -0.418. The zero-order valence-electron chi connectivity index (χ0n) is 7.65. The molecular weight excluding hydrogens is 183 g/mol. The van der Waals surface area contributed by atoms with Crippen molar-refractivity contribution in [3.05, 3.63) is 35.8 Å². The van der Waals surface area contributed by atoms with Gasteiger partial charge in [0.1, 0.15) is 0 Å². The predicted molar refractivity (Wildman–Crippen MR) is 51.5 cm³/mol. The quantitative estimate of drug-likeness (QED) is 0.716. The summed E-state index contributed by atoms with van der Waals surface area (Å²) in [4.78, 5) is 5.78. The Morgan fingerprint density at radius 3 is 2.79 bits per heavy atom. The maximum atomic E-state index is 13.6. The molecule has 0 saturated carbocycles. The molecule has 0 radical (unpaired) electrons. The Morgan fingerprint density at radius 1 is 1.43 bits per heavy atom. The van der Waals surface area contributed by atoms with Gasteiger partial charge in [0.25, 0.3) is 0 Å². The van der Waals surface area contributed by atoms with E-state index in [1.165, 1.54) is 12.3 Å². The molecule has 0 spiro atoms. The number of nitrogens with zero attached hydrogens (tertiary/aromatic N) is 2. The van der Waals surface area contributed by atoms with Crippen LogP contribution in [0.3, 0.4) is 0 Å². The van der Waals surface area contributed by atoms with Crippen LogP contribution in [0.25, 0.3) is 0 Å². The summed E-state index contributed by atoms with van der Waals surface area (Å²) in [5, 5.41) is 8.88. The number of aromatic nitrogens is 1. The fraction of sp³-hybridized carbons (Fsp3) is 0.300. The summed E-state index contributed by atoms with van der Waals surface area (Å²) in [5.74, 6) is -0.0970. The van der Waals surface area contributed by atoms with Gasteiger partial charge >= 0.3 is 0 Å². The molecule has 0 aromatic carbocycles. The van der Waals surface area contributed by atoms with Crippen LogP contribution >= 0.6 is 0 Å². The van der Waals surface area contributed by atoms with Gasteiger partial charge in [-0.1, -0.05) is 12.2 Å². The Labute approximate surface area is 81.5 Å². The minimum Gasteiger partial charge on any atom is -0.392 e. The van der Waals surface area contributed by atoms with Crippen LogP contribution < -0.4 is 4.90 Å². The fourth-order valence-corrected chi connectivity index (χ4v) is 1.46. The summed E-state index contributed by atoms with van der Waals surface area (Å²) in [7, 11) is 0. The van der Waals surface area contributed by atoms with Gasteiger partial charge in [0, 0.05) is 24.8 Å². The first-order chi connectivity index (χ1) is 6.83. The molecule has 74 valence electrons. The number of anilines is 1. The van der Waals surface area contributed by atoms with Crippen molar-refractivity contribution in [2.45, 2.75) is 6.61 Å². The topological polar surface area (TPSA) is 36.4 Å². The molecule has 0 aliphatic carbocycles. The molecule has 1 aromatic rings. The summed E-state index contributed by atoms with van der Waals surface area (Å²) >= 11 is 0. The average Bonchev–Trinajstić information content (AvgIpc) is 2.71. The number of halogens is 1. The highest BCUT2D eigenvalue weighted by Gasteiger charge is 2.16. The summed E-state index contributed by atoms with van der Waals surface area (Å²) in [5.41, 5.74) is 0.293. The fourth-order valence-electron chi connectivity index (χ4n) is 1.46. The second-order valence-electron chi connectivity index (χ2n) is 3.14. The molecule has 14 heavy (non-hydrogen) atoms. The van der Waals surface area contributed by atoms with E-state index in [2.05, 4.69) is 4.98 Å². The van der Waals surface area contributed by atoms with Crippen LogP contribution in [-0.2, 0) is 6.61 Å². The van der Waals surface area contributed by atoms with Gasteiger partial charge in [0.05, 0.1) is 6.61 Å². The van der Waals surface area contributed by atoms with Crippen LogP contribution in [0.4, 0.5) is 10.2 Å². The van der Waals surface area contributed by atoms with Gasteiger partial charge in [0.2, 0.25) is 0 Å². The highest BCUT2D eigenvalue weighted by atomic mass is 19.1.